The minimum absolute atomic E-state index is 0.159. The maximum absolute atomic E-state index is 6.58. The number of para-hydroxylation sites is 1. The lowest BCUT2D eigenvalue weighted by molar-refractivity contribution is 0.0335. The van der Waals surface area contributed by atoms with E-state index in [9.17, 15) is 0 Å². The van der Waals surface area contributed by atoms with Gasteiger partial charge in [0.05, 0.1) is 6.10 Å². The SMILES string of the molecule is C[SiH](C)OC(C1Cc2ccccc2N(Cc2ccccc2)C1)C(C)(C)C. The second kappa shape index (κ2) is 7.97. The van der Waals surface area contributed by atoms with Crippen LogP contribution in [0.25, 0.3) is 0 Å². The topological polar surface area (TPSA) is 12.5 Å². The molecule has 3 heteroatoms. The number of benzene rings is 2. The molecule has 0 fully saturated rings. The minimum atomic E-state index is -1.09. The highest BCUT2D eigenvalue weighted by Gasteiger charge is 2.37. The Morgan fingerprint density at radius 3 is 2.35 bits per heavy atom. The highest BCUT2D eigenvalue weighted by molar-refractivity contribution is 6.48. The van der Waals surface area contributed by atoms with E-state index in [4.69, 9.17) is 4.43 Å². The van der Waals surface area contributed by atoms with Crippen molar-refractivity contribution in [3.05, 3.63) is 65.7 Å². The Balaban J connectivity index is 1.90. The molecule has 1 heterocycles. The van der Waals surface area contributed by atoms with Gasteiger partial charge in [0, 0.05) is 24.7 Å². The summed E-state index contributed by atoms with van der Waals surface area (Å²) in [6.07, 6.45) is 1.42. The Hall–Kier alpha value is -1.58. The zero-order chi connectivity index (χ0) is 18.7. The van der Waals surface area contributed by atoms with Gasteiger partial charge in [-0.05, 0) is 42.1 Å². The zero-order valence-corrected chi connectivity index (χ0v) is 18.1. The van der Waals surface area contributed by atoms with Crippen molar-refractivity contribution in [3.8, 4) is 0 Å². The predicted octanol–water partition coefficient (Wildman–Crippen LogP) is 5.28. The number of hydrogen-bond donors (Lipinski definition) is 0. The van der Waals surface area contributed by atoms with E-state index in [2.05, 4.69) is 93.4 Å². The standard InChI is InChI=1S/C23H33NOSi/c1-23(2,3)22(25-26(4)5)20-15-19-13-9-10-14-21(19)24(17-20)16-18-11-7-6-8-12-18/h6-14,20,22,26H,15-17H2,1-5H3. The largest absolute Gasteiger partial charge is 0.417 e. The highest BCUT2D eigenvalue weighted by atomic mass is 28.3. The summed E-state index contributed by atoms with van der Waals surface area (Å²) in [5.74, 6) is 0.531. The molecular formula is C23H33NOSi. The number of nitrogens with zero attached hydrogens (tertiary/aromatic N) is 1. The normalized spacial score (nSPS) is 18.7. The molecule has 0 aliphatic carbocycles. The van der Waals surface area contributed by atoms with Crippen LogP contribution in [0, 0.1) is 11.3 Å². The summed E-state index contributed by atoms with van der Waals surface area (Å²) in [6, 6.07) is 19.7. The molecule has 0 radical (unpaired) electrons. The molecule has 0 aromatic heterocycles. The molecule has 26 heavy (non-hydrogen) atoms. The second-order valence-corrected chi connectivity index (χ2v) is 11.3. The molecule has 0 spiro atoms. The number of hydrogen-bond acceptors (Lipinski definition) is 2. The van der Waals surface area contributed by atoms with E-state index in [1.54, 1.807) is 0 Å². The molecule has 2 atom stereocenters. The average molecular weight is 368 g/mol. The van der Waals surface area contributed by atoms with E-state index >= 15 is 0 Å². The van der Waals surface area contributed by atoms with Gasteiger partial charge in [0.25, 0.3) is 0 Å². The smallest absolute Gasteiger partial charge is 0.171 e. The van der Waals surface area contributed by atoms with E-state index in [-0.39, 0.29) is 5.41 Å². The van der Waals surface area contributed by atoms with Crippen LogP contribution in [0.4, 0.5) is 5.69 Å². The first-order valence-corrected chi connectivity index (χ1v) is 12.6. The fraction of sp³-hybridized carbons (Fsp3) is 0.478. The molecule has 2 aromatic carbocycles. The van der Waals surface area contributed by atoms with Crippen LogP contribution in [0.1, 0.15) is 31.9 Å². The molecule has 2 nitrogen and oxygen atoms in total. The van der Waals surface area contributed by atoms with Crippen LogP contribution in [0.5, 0.6) is 0 Å². The molecule has 0 amide bonds. The van der Waals surface area contributed by atoms with Gasteiger partial charge in [-0.1, -0.05) is 69.3 Å². The fourth-order valence-corrected chi connectivity index (χ4v) is 5.41. The van der Waals surface area contributed by atoms with Crippen LogP contribution < -0.4 is 4.90 Å². The Kier molecular flexibility index (Phi) is 5.88. The van der Waals surface area contributed by atoms with E-state index in [1.807, 2.05) is 0 Å². The molecule has 0 saturated carbocycles. The summed E-state index contributed by atoms with van der Waals surface area (Å²) < 4.78 is 6.58. The van der Waals surface area contributed by atoms with Crippen LogP contribution in [0.2, 0.25) is 13.1 Å². The van der Waals surface area contributed by atoms with Crippen LogP contribution >= 0.6 is 0 Å². The van der Waals surface area contributed by atoms with Gasteiger partial charge in [0.2, 0.25) is 0 Å². The molecule has 140 valence electrons. The van der Waals surface area contributed by atoms with Gasteiger partial charge in [-0.25, -0.2) is 0 Å². The molecule has 1 aliphatic heterocycles. The van der Waals surface area contributed by atoms with Gasteiger partial charge in [0.1, 0.15) is 0 Å². The van der Waals surface area contributed by atoms with Crippen molar-refractivity contribution in [2.24, 2.45) is 11.3 Å². The third-order valence-corrected chi connectivity index (χ3v) is 6.02. The van der Waals surface area contributed by atoms with Crippen molar-refractivity contribution in [3.63, 3.8) is 0 Å². The summed E-state index contributed by atoms with van der Waals surface area (Å²) in [4.78, 5) is 2.56. The summed E-state index contributed by atoms with van der Waals surface area (Å²) in [5, 5.41) is 0. The van der Waals surface area contributed by atoms with Gasteiger partial charge in [-0.15, -0.1) is 0 Å². The van der Waals surface area contributed by atoms with Crippen LogP contribution in [0.3, 0.4) is 0 Å². The maximum Gasteiger partial charge on any atom is 0.171 e. The second-order valence-electron chi connectivity index (χ2n) is 8.93. The monoisotopic (exact) mass is 367 g/mol. The summed E-state index contributed by atoms with van der Waals surface area (Å²) in [5.41, 5.74) is 4.38. The van der Waals surface area contributed by atoms with Gasteiger partial charge in [-0.3, -0.25) is 0 Å². The van der Waals surface area contributed by atoms with E-state index in [0.717, 1.165) is 19.5 Å². The average Bonchev–Trinajstić information content (AvgIpc) is 2.59. The van der Waals surface area contributed by atoms with Crippen molar-refractivity contribution in [1.29, 1.82) is 0 Å². The van der Waals surface area contributed by atoms with Gasteiger partial charge >= 0.3 is 0 Å². The van der Waals surface area contributed by atoms with Crippen molar-refractivity contribution in [1.82, 2.24) is 0 Å². The highest BCUT2D eigenvalue weighted by Crippen LogP contribution is 2.38. The van der Waals surface area contributed by atoms with Crippen LogP contribution in [-0.4, -0.2) is 21.7 Å². The first kappa shape index (κ1) is 19.2. The molecule has 1 aliphatic rings. The van der Waals surface area contributed by atoms with Crippen molar-refractivity contribution in [2.45, 2.75) is 52.9 Å². The third kappa shape index (κ3) is 4.57. The van der Waals surface area contributed by atoms with Crippen molar-refractivity contribution < 1.29 is 4.43 Å². The van der Waals surface area contributed by atoms with Gasteiger partial charge < -0.3 is 9.33 Å². The molecular weight excluding hydrogens is 334 g/mol. The van der Waals surface area contributed by atoms with Crippen molar-refractivity contribution >= 4 is 14.7 Å². The first-order chi connectivity index (χ1) is 12.3. The molecule has 2 unspecified atom stereocenters. The van der Waals surface area contributed by atoms with E-state index in [1.165, 1.54) is 16.8 Å². The summed E-state index contributed by atoms with van der Waals surface area (Å²) in [7, 11) is -1.09. The van der Waals surface area contributed by atoms with Crippen LogP contribution in [-0.2, 0) is 17.4 Å². The quantitative estimate of drug-likeness (QED) is 0.667. The zero-order valence-electron chi connectivity index (χ0n) is 16.9. The lowest BCUT2D eigenvalue weighted by Crippen LogP contribution is -2.47. The Morgan fingerprint density at radius 2 is 1.69 bits per heavy atom. The predicted molar refractivity (Wildman–Crippen MR) is 114 cm³/mol. The van der Waals surface area contributed by atoms with Gasteiger partial charge in [-0.2, -0.15) is 0 Å². The molecule has 2 aromatic rings. The number of rotatable bonds is 5. The van der Waals surface area contributed by atoms with E-state index in [0.29, 0.717) is 12.0 Å². The fourth-order valence-electron chi connectivity index (χ4n) is 4.19. The van der Waals surface area contributed by atoms with Crippen LogP contribution in [0.15, 0.2) is 54.6 Å². The molecule has 0 saturated heterocycles. The molecule has 0 N–H and O–H groups in total. The number of anilines is 1. The minimum Gasteiger partial charge on any atom is -0.417 e. The summed E-state index contributed by atoms with van der Waals surface area (Å²) >= 11 is 0. The Labute approximate surface area is 160 Å². The molecule has 0 bridgehead atoms. The lowest BCUT2D eigenvalue weighted by atomic mass is 9.77. The Bertz CT molecular complexity index is 708. The van der Waals surface area contributed by atoms with E-state index < -0.39 is 9.04 Å². The Morgan fingerprint density at radius 1 is 1.04 bits per heavy atom. The number of fused-ring (bicyclic) bond motifs is 1. The molecule has 3 rings (SSSR count). The summed E-state index contributed by atoms with van der Waals surface area (Å²) in [6.45, 7) is 13.6. The third-order valence-electron chi connectivity index (χ3n) is 5.19. The van der Waals surface area contributed by atoms with Crippen molar-refractivity contribution in [2.75, 3.05) is 11.4 Å². The lowest BCUT2D eigenvalue weighted by Gasteiger charge is -2.44. The first-order valence-electron chi connectivity index (χ1n) is 9.87. The van der Waals surface area contributed by atoms with Gasteiger partial charge in [0.15, 0.2) is 9.04 Å². The maximum atomic E-state index is 6.58.